The van der Waals surface area contributed by atoms with E-state index in [1.165, 1.54) is 0 Å². The number of hydrogen-bond donors (Lipinski definition) is 2. The number of rotatable bonds is 6. The molecule has 0 unspecified atom stereocenters. The summed E-state index contributed by atoms with van der Waals surface area (Å²) in [4.78, 5) is 23.2. The molecule has 4 rings (SSSR count). The summed E-state index contributed by atoms with van der Waals surface area (Å²) in [7, 11) is 0. The van der Waals surface area contributed by atoms with Crippen LogP contribution >= 0.6 is 0 Å². The second kappa shape index (κ2) is 7.75. The minimum atomic E-state index is -0.0453. The fourth-order valence-electron chi connectivity index (χ4n) is 4.31. The monoisotopic (exact) mass is 382 g/mol. The molecular formula is C21H26N4O3. The first-order valence-corrected chi connectivity index (χ1v) is 9.81. The number of aromatic nitrogens is 2. The fourth-order valence-corrected chi connectivity index (χ4v) is 4.31. The molecule has 7 nitrogen and oxygen atoms in total. The lowest BCUT2D eigenvalue weighted by Crippen LogP contribution is -2.51. The number of nitrogens with one attached hydrogen (secondary N) is 1. The first-order valence-electron chi connectivity index (χ1n) is 9.81. The zero-order valence-corrected chi connectivity index (χ0v) is 16.2. The number of ether oxygens (including phenoxy) is 1. The summed E-state index contributed by atoms with van der Waals surface area (Å²) in [6.45, 7) is 4.01. The highest BCUT2D eigenvalue weighted by Crippen LogP contribution is 2.50. The molecule has 2 heterocycles. The Bertz CT molecular complexity index is 841. The summed E-state index contributed by atoms with van der Waals surface area (Å²) >= 11 is 0. The molecule has 0 spiro atoms. The minimum Gasteiger partial charge on any atom is -0.491 e. The molecule has 0 saturated heterocycles. The van der Waals surface area contributed by atoms with Gasteiger partial charge in [0.15, 0.2) is 0 Å². The largest absolute Gasteiger partial charge is 0.491 e. The number of nitrogens with zero attached hydrogens (tertiary/aromatic N) is 3. The summed E-state index contributed by atoms with van der Waals surface area (Å²) < 4.78 is 5.62. The van der Waals surface area contributed by atoms with E-state index in [2.05, 4.69) is 22.2 Å². The van der Waals surface area contributed by atoms with Gasteiger partial charge in [-0.25, -0.2) is 9.97 Å². The Morgan fingerprint density at radius 2 is 2.07 bits per heavy atom. The molecule has 1 amide bonds. The maximum absolute atomic E-state index is 12.6. The topological polar surface area (TPSA) is 87.6 Å². The quantitative estimate of drug-likeness (QED) is 0.799. The number of aliphatic hydroxyl groups is 1. The molecule has 7 heteroatoms. The second-order valence-electron chi connectivity index (χ2n) is 7.56. The van der Waals surface area contributed by atoms with E-state index in [0.29, 0.717) is 17.6 Å². The molecule has 1 aliphatic carbocycles. The van der Waals surface area contributed by atoms with Gasteiger partial charge in [-0.15, -0.1) is 0 Å². The number of aliphatic hydroxyl groups excluding tert-OH is 1. The van der Waals surface area contributed by atoms with Gasteiger partial charge in [0.2, 0.25) is 11.9 Å². The Labute approximate surface area is 164 Å². The smallest absolute Gasteiger partial charge is 0.224 e. The van der Waals surface area contributed by atoms with Gasteiger partial charge in [0.05, 0.1) is 12.6 Å². The van der Waals surface area contributed by atoms with Gasteiger partial charge < -0.3 is 20.1 Å². The lowest BCUT2D eigenvalue weighted by molar-refractivity contribution is -0.117. The van der Waals surface area contributed by atoms with Crippen molar-refractivity contribution in [2.75, 3.05) is 23.4 Å². The van der Waals surface area contributed by atoms with Crippen molar-refractivity contribution in [1.29, 1.82) is 0 Å². The lowest BCUT2D eigenvalue weighted by Gasteiger charge is -2.45. The molecule has 1 aliphatic heterocycles. The molecule has 0 bridgehead atoms. The van der Waals surface area contributed by atoms with Crippen LogP contribution in [0.2, 0.25) is 0 Å². The Kier molecular flexibility index (Phi) is 5.17. The van der Waals surface area contributed by atoms with E-state index in [1.54, 1.807) is 25.4 Å². The van der Waals surface area contributed by atoms with E-state index in [1.807, 2.05) is 23.1 Å². The summed E-state index contributed by atoms with van der Waals surface area (Å²) in [6.07, 6.45) is 5.73. The van der Waals surface area contributed by atoms with E-state index < -0.39 is 0 Å². The maximum atomic E-state index is 12.6. The molecule has 148 valence electrons. The third-order valence-electron chi connectivity index (χ3n) is 5.61. The highest BCUT2D eigenvalue weighted by Gasteiger charge is 2.47. The highest BCUT2D eigenvalue weighted by atomic mass is 16.5. The van der Waals surface area contributed by atoms with Gasteiger partial charge >= 0.3 is 0 Å². The molecule has 28 heavy (non-hydrogen) atoms. The van der Waals surface area contributed by atoms with Gasteiger partial charge in [-0.2, -0.15) is 0 Å². The van der Waals surface area contributed by atoms with Gasteiger partial charge in [0, 0.05) is 42.5 Å². The average Bonchev–Trinajstić information content (AvgIpc) is 3.53. The highest BCUT2D eigenvalue weighted by molar-refractivity contribution is 5.94. The first-order chi connectivity index (χ1) is 13.6. The van der Waals surface area contributed by atoms with Crippen molar-refractivity contribution in [2.24, 2.45) is 11.8 Å². The summed E-state index contributed by atoms with van der Waals surface area (Å²) in [6, 6.07) is 7.66. The number of anilines is 2. The summed E-state index contributed by atoms with van der Waals surface area (Å²) in [5.74, 6) is 2.01. The van der Waals surface area contributed by atoms with Crippen LogP contribution in [0.15, 0.2) is 36.7 Å². The molecule has 1 saturated carbocycles. The van der Waals surface area contributed by atoms with Crippen LogP contribution < -0.4 is 15.0 Å². The first kappa shape index (κ1) is 18.7. The number of hydrogen-bond acceptors (Lipinski definition) is 6. The maximum Gasteiger partial charge on any atom is 0.224 e. The number of amides is 1. The third kappa shape index (κ3) is 3.54. The number of carbonyl (C=O) groups excluding carboxylic acids is 1. The van der Waals surface area contributed by atoms with Crippen molar-refractivity contribution in [3.63, 3.8) is 0 Å². The van der Waals surface area contributed by atoms with Gasteiger partial charge in [0.1, 0.15) is 12.4 Å². The van der Waals surface area contributed by atoms with Gasteiger partial charge in [-0.05, 0) is 43.0 Å². The molecule has 1 aromatic heterocycles. The normalized spacial score (nSPS) is 23.8. The molecule has 3 atom stereocenters. The molecule has 2 aliphatic rings. The van der Waals surface area contributed by atoms with Crippen molar-refractivity contribution in [1.82, 2.24) is 9.97 Å². The second-order valence-corrected chi connectivity index (χ2v) is 7.56. The van der Waals surface area contributed by atoms with E-state index in [-0.39, 0.29) is 37.1 Å². The van der Waals surface area contributed by atoms with Gasteiger partial charge in [-0.3, -0.25) is 4.79 Å². The zero-order valence-electron chi connectivity index (χ0n) is 16.2. The van der Waals surface area contributed by atoms with Crippen LogP contribution in [-0.4, -0.2) is 40.2 Å². The molecule has 1 aromatic carbocycles. The summed E-state index contributed by atoms with van der Waals surface area (Å²) in [5, 5.41) is 12.5. The van der Waals surface area contributed by atoms with Crippen molar-refractivity contribution in [3.05, 3.63) is 42.2 Å². The van der Waals surface area contributed by atoms with Crippen LogP contribution in [0.4, 0.5) is 11.6 Å². The van der Waals surface area contributed by atoms with Crippen LogP contribution in [0.25, 0.3) is 0 Å². The SMILES string of the molecule is CC(=O)N1c2ccc(OCCO)cc2[C@H](Nc2ncccn2)[C@@H](C)[C@@H]1C1CC1. The van der Waals surface area contributed by atoms with Crippen molar-refractivity contribution >= 4 is 17.5 Å². The number of carbonyl (C=O) groups is 1. The Balaban J connectivity index is 1.77. The van der Waals surface area contributed by atoms with E-state index in [9.17, 15) is 4.79 Å². The van der Waals surface area contributed by atoms with Crippen LogP contribution in [-0.2, 0) is 4.79 Å². The van der Waals surface area contributed by atoms with Crippen LogP contribution in [0.5, 0.6) is 5.75 Å². The molecule has 2 aromatic rings. The summed E-state index contributed by atoms with van der Waals surface area (Å²) in [5.41, 5.74) is 1.90. The Morgan fingerprint density at radius 3 is 2.71 bits per heavy atom. The van der Waals surface area contributed by atoms with Crippen LogP contribution in [0.1, 0.15) is 38.3 Å². The van der Waals surface area contributed by atoms with Crippen molar-refractivity contribution in [2.45, 2.75) is 38.8 Å². The standard InChI is InChI=1S/C21H26N4O3/c1-13-19(24-21-22-8-3-9-23-21)17-12-16(28-11-10-26)6-7-18(17)25(14(2)27)20(13)15-4-5-15/h3,6-9,12-13,15,19-20,26H,4-5,10-11H2,1-2H3,(H,22,23,24)/t13-,19-,20-/m1/s1. The van der Waals surface area contributed by atoms with Crippen molar-refractivity contribution < 1.29 is 14.6 Å². The number of benzene rings is 1. The van der Waals surface area contributed by atoms with Crippen LogP contribution in [0.3, 0.4) is 0 Å². The van der Waals surface area contributed by atoms with E-state index in [0.717, 1.165) is 24.1 Å². The van der Waals surface area contributed by atoms with Crippen molar-refractivity contribution in [3.8, 4) is 5.75 Å². The third-order valence-corrected chi connectivity index (χ3v) is 5.61. The van der Waals surface area contributed by atoms with Gasteiger partial charge in [-0.1, -0.05) is 6.92 Å². The van der Waals surface area contributed by atoms with Gasteiger partial charge in [0.25, 0.3) is 0 Å². The average molecular weight is 382 g/mol. The van der Waals surface area contributed by atoms with E-state index in [4.69, 9.17) is 9.84 Å². The Hall–Kier alpha value is -2.67. The predicted octanol–water partition coefficient (Wildman–Crippen LogP) is 2.78. The van der Waals surface area contributed by atoms with Crippen LogP contribution in [0, 0.1) is 11.8 Å². The zero-order chi connectivity index (χ0) is 19.7. The predicted molar refractivity (Wildman–Crippen MR) is 106 cm³/mol. The molecule has 1 fully saturated rings. The molecule has 0 radical (unpaired) electrons. The minimum absolute atomic E-state index is 0.0451. The number of fused-ring (bicyclic) bond motifs is 1. The Morgan fingerprint density at radius 1 is 1.32 bits per heavy atom. The molecule has 2 N–H and O–H groups in total. The lowest BCUT2D eigenvalue weighted by atomic mass is 9.80. The molecular weight excluding hydrogens is 356 g/mol. The fraction of sp³-hybridized carbons (Fsp3) is 0.476. The van der Waals surface area contributed by atoms with E-state index >= 15 is 0 Å².